The molecule has 0 aliphatic carbocycles. The maximum absolute atomic E-state index is 11.2. The van der Waals surface area contributed by atoms with Gasteiger partial charge in [-0.2, -0.15) is 0 Å². The number of rotatable bonds is 6. The third-order valence-electron chi connectivity index (χ3n) is 3.33. The summed E-state index contributed by atoms with van der Waals surface area (Å²) in [4.78, 5) is 14.4. The Morgan fingerprint density at radius 1 is 1.38 bits per heavy atom. The normalized spacial score (nSPS) is 11.2. The predicted molar refractivity (Wildman–Crippen MR) is 99.8 cm³/mol. The first-order valence-corrected chi connectivity index (χ1v) is 9.22. The average molecular weight is 399 g/mol. The van der Waals surface area contributed by atoms with Gasteiger partial charge in [-0.3, -0.25) is 5.43 Å². The molecule has 13 heteroatoms. The second-order valence-corrected chi connectivity index (χ2v) is 7.17. The van der Waals surface area contributed by atoms with Gasteiger partial charge in [-0.05, 0) is 52.9 Å². The minimum absolute atomic E-state index is 0.0340. The lowest BCUT2D eigenvalue weighted by Crippen LogP contribution is -2.30. The summed E-state index contributed by atoms with van der Waals surface area (Å²) in [5.41, 5.74) is 9.11. The van der Waals surface area contributed by atoms with E-state index < -0.39 is 14.9 Å². The molecule has 140 valence electrons. The molecule has 0 saturated carbocycles. The number of sulfonamides is 1. The lowest BCUT2D eigenvalue weighted by atomic mass is 10.3. The lowest BCUT2D eigenvalue weighted by molar-refractivity contribution is -0.390. The van der Waals surface area contributed by atoms with Crippen molar-refractivity contribution in [2.24, 2.45) is 10.9 Å². The summed E-state index contributed by atoms with van der Waals surface area (Å²) in [6.45, 7) is 1.78. The zero-order valence-electron chi connectivity index (χ0n) is 13.7. The van der Waals surface area contributed by atoms with Gasteiger partial charge in [0.15, 0.2) is 5.11 Å². The van der Waals surface area contributed by atoms with Gasteiger partial charge in [0, 0.05) is 19.0 Å². The van der Waals surface area contributed by atoms with Gasteiger partial charge >= 0.3 is 5.82 Å². The van der Waals surface area contributed by atoms with Gasteiger partial charge in [-0.25, -0.2) is 18.2 Å². The van der Waals surface area contributed by atoms with Gasteiger partial charge in [0.05, 0.1) is 4.90 Å². The van der Waals surface area contributed by atoms with Crippen LogP contribution < -0.4 is 21.6 Å². The zero-order chi connectivity index (χ0) is 19.5. The molecular formula is C13H17N7O4S2. The van der Waals surface area contributed by atoms with E-state index in [1.165, 1.54) is 28.9 Å². The molecule has 0 radical (unpaired) electrons. The Kier molecular flexibility index (Phi) is 5.86. The first kappa shape index (κ1) is 19.7. The maximum Gasteiger partial charge on any atom is 0.387 e. The van der Waals surface area contributed by atoms with E-state index in [9.17, 15) is 18.5 Å². The topological polar surface area (TPSA) is 171 Å². The van der Waals surface area contributed by atoms with Crippen LogP contribution in [0.2, 0.25) is 0 Å². The molecule has 6 N–H and O–H groups in total. The Hall–Kier alpha value is -2.61. The number of benzene rings is 1. The first-order chi connectivity index (χ1) is 12.1. The summed E-state index contributed by atoms with van der Waals surface area (Å²) < 4.78 is 23.9. The standard InChI is InChI=1S/C13H17N7O4S2/c1-8-16-12(20(21)22)11(6-7-14)19(8)18-13(25)17-9-2-4-10(5-3-9)26(15,23)24/h2-5H,6-7,14H2,1H3,(H2,15,23,24)(H2,17,18,25). The third-order valence-corrected chi connectivity index (χ3v) is 4.45. The molecule has 2 aromatic rings. The minimum atomic E-state index is -3.78. The van der Waals surface area contributed by atoms with E-state index in [2.05, 4.69) is 15.7 Å². The SMILES string of the molecule is Cc1nc([N+](=O)[O-])c(CCN)n1NC(=S)Nc1ccc(S(N)(=O)=O)cc1. The zero-order valence-corrected chi connectivity index (χ0v) is 15.3. The average Bonchev–Trinajstić information content (AvgIpc) is 2.84. The number of nitrogens with one attached hydrogen (secondary N) is 2. The van der Waals surface area contributed by atoms with Crippen molar-refractivity contribution in [1.82, 2.24) is 9.66 Å². The number of anilines is 1. The van der Waals surface area contributed by atoms with Crippen LogP contribution in [0, 0.1) is 17.0 Å². The highest BCUT2D eigenvalue weighted by molar-refractivity contribution is 7.89. The Bertz CT molecular complexity index is 938. The molecule has 0 aliphatic heterocycles. The van der Waals surface area contributed by atoms with E-state index in [1.807, 2.05) is 0 Å². The second-order valence-electron chi connectivity index (χ2n) is 5.20. The molecule has 0 saturated heterocycles. The van der Waals surface area contributed by atoms with E-state index in [0.29, 0.717) is 17.2 Å². The number of primary sulfonamides is 1. The number of nitrogens with two attached hydrogens (primary N) is 2. The van der Waals surface area contributed by atoms with Gasteiger partial charge in [-0.15, -0.1) is 0 Å². The molecule has 2 rings (SSSR count). The van der Waals surface area contributed by atoms with Crippen molar-refractivity contribution < 1.29 is 13.3 Å². The van der Waals surface area contributed by atoms with Crippen molar-refractivity contribution in [3.63, 3.8) is 0 Å². The summed E-state index contributed by atoms with van der Waals surface area (Å²) >= 11 is 5.19. The van der Waals surface area contributed by atoms with Crippen LogP contribution in [0.5, 0.6) is 0 Å². The summed E-state index contributed by atoms with van der Waals surface area (Å²) in [6.07, 6.45) is 0.232. The van der Waals surface area contributed by atoms with Gasteiger partial charge in [0.2, 0.25) is 15.8 Å². The molecule has 11 nitrogen and oxygen atoms in total. The fourth-order valence-electron chi connectivity index (χ4n) is 2.21. The molecule has 1 aromatic carbocycles. The highest BCUT2D eigenvalue weighted by Crippen LogP contribution is 2.19. The number of hydrogen-bond acceptors (Lipinski definition) is 7. The highest BCUT2D eigenvalue weighted by Gasteiger charge is 2.25. The van der Waals surface area contributed by atoms with Crippen molar-refractivity contribution in [2.75, 3.05) is 17.3 Å². The number of thiocarbonyl (C=S) groups is 1. The predicted octanol–water partition coefficient (Wildman–Crippen LogP) is 0.189. The van der Waals surface area contributed by atoms with Gasteiger partial charge < -0.3 is 21.2 Å². The first-order valence-electron chi connectivity index (χ1n) is 7.27. The molecule has 1 aromatic heterocycles. The molecule has 0 aliphatic rings. The van der Waals surface area contributed by atoms with Crippen molar-refractivity contribution in [1.29, 1.82) is 0 Å². The molecule has 26 heavy (non-hydrogen) atoms. The fraction of sp³-hybridized carbons (Fsp3) is 0.231. The Morgan fingerprint density at radius 2 is 2.00 bits per heavy atom. The summed E-state index contributed by atoms with van der Waals surface area (Å²) in [5, 5.41) is 19.1. The number of hydrogen-bond donors (Lipinski definition) is 4. The fourth-order valence-corrected chi connectivity index (χ4v) is 2.93. The monoisotopic (exact) mass is 399 g/mol. The minimum Gasteiger partial charge on any atom is -0.358 e. The van der Waals surface area contributed by atoms with Crippen LogP contribution in [0.3, 0.4) is 0 Å². The molecule has 0 amide bonds. The van der Waals surface area contributed by atoms with Crippen LogP contribution in [0.25, 0.3) is 0 Å². The molecule has 0 fully saturated rings. The maximum atomic E-state index is 11.2. The number of imidazole rings is 1. The van der Waals surface area contributed by atoms with E-state index in [4.69, 9.17) is 23.1 Å². The molecular weight excluding hydrogens is 382 g/mol. The Balaban J connectivity index is 2.19. The van der Waals surface area contributed by atoms with Crippen LogP contribution in [-0.2, 0) is 16.4 Å². The summed E-state index contributed by atoms with van der Waals surface area (Å²) in [7, 11) is -3.78. The Labute approximate surface area is 154 Å². The van der Waals surface area contributed by atoms with Crippen LogP contribution in [-0.4, -0.2) is 34.7 Å². The van der Waals surface area contributed by atoms with E-state index >= 15 is 0 Å². The highest BCUT2D eigenvalue weighted by atomic mass is 32.2. The van der Waals surface area contributed by atoms with E-state index in [1.54, 1.807) is 6.92 Å². The van der Waals surface area contributed by atoms with Crippen molar-refractivity contribution in [3.8, 4) is 0 Å². The van der Waals surface area contributed by atoms with Crippen LogP contribution in [0.15, 0.2) is 29.2 Å². The number of nitrogens with zero attached hydrogens (tertiary/aromatic N) is 3. The molecule has 0 atom stereocenters. The summed E-state index contributed by atoms with van der Waals surface area (Å²) in [5.74, 6) is 0.0506. The van der Waals surface area contributed by atoms with Gasteiger partial charge in [-0.1, -0.05) is 0 Å². The van der Waals surface area contributed by atoms with Gasteiger partial charge in [0.1, 0.15) is 5.69 Å². The van der Waals surface area contributed by atoms with Gasteiger partial charge in [0.25, 0.3) is 0 Å². The Morgan fingerprint density at radius 3 is 2.50 bits per heavy atom. The van der Waals surface area contributed by atoms with Crippen LogP contribution in [0.1, 0.15) is 11.5 Å². The number of nitro groups is 1. The number of aromatic nitrogens is 2. The third kappa shape index (κ3) is 4.51. The lowest BCUT2D eigenvalue weighted by Gasteiger charge is -2.13. The van der Waals surface area contributed by atoms with Crippen LogP contribution >= 0.6 is 12.2 Å². The number of aryl methyl sites for hydroxylation is 1. The van der Waals surface area contributed by atoms with Crippen molar-refractivity contribution in [3.05, 3.63) is 45.9 Å². The van der Waals surface area contributed by atoms with Crippen LogP contribution in [0.4, 0.5) is 11.5 Å². The van der Waals surface area contributed by atoms with Crippen molar-refractivity contribution >= 4 is 38.9 Å². The molecule has 0 bridgehead atoms. The summed E-state index contributed by atoms with van der Waals surface area (Å²) in [6, 6.07) is 5.62. The smallest absolute Gasteiger partial charge is 0.358 e. The van der Waals surface area contributed by atoms with E-state index in [0.717, 1.165) is 0 Å². The van der Waals surface area contributed by atoms with E-state index in [-0.39, 0.29) is 28.8 Å². The molecule has 0 unspecified atom stereocenters. The molecule has 1 heterocycles. The second kappa shape index (κ2) is 7.74. The largest absolute Gasteiger partial charge is 0.387 e. The van der Waals surface area contributed by atoms with Crippen molar-refractivity contribution in [2.45, 2.75) is 18.2 Å². The molecule has 0 spiro atoms. The quantitative estimate of drug-likeness (QED) is 0.300.